The molecule has 3 fully saturated rings. The number of likely N-dealkylation sites (tertiary alicyclic amines) is 1. The minimum Gasteiger partial charge on any atom is -0.381 e. The van der Waals surface area contributed by atoms with E-state index < -0.39 is 0 Å². The molecule has 3 aliphatic heterocycles. The highest BCUT2D eigenvalue weighted by atomic mass is 16.5. The lowest BCUT2D eigenvalue weighted by atomic mass is 9.78. The summed E-state index contributed by atoms with van der Waals surface area (Å²) in [5, 5.41) is 3.49. The molecule has 3 nitrogen and oxygen atoms in total. The van der Waals surface area contributed by atoms with Crippen molar-refractivity contribution in [2.45, 2.75) is 25.7 Å². The van der Waals surface area contributed by atoms with Gasteiger partial charge in [0.05, 0.1) is 6.61 Å². The summed E-state index contributed by atoms with van der Waals surface area (Å²) in [4.78, 5) is 2.70. The Morgan fingerprint density at radius 2 is 2.12 bits per heavy atom. The molecule has 0 radical (unpaired) electrons. The summed E-state index contributed by atoms with van der Waals surface area (Å²) in [6, 6.07) is 0. The van der Waals surface area contributed by atoms with E-state index in [9.17, 15) is 0 Å². The average molecular weight is 224 g/mol. The van der Waals surface area contributed by atoms with Gasteiger partial charge in [0.1, 0.15) is 0 Å². The largest absolute Gasteiger partial charge is 0.381 e. The van der Waals surface area contributed by atoms with E-state index in [2.05, 4.69) is 10.2 Å². The summed E-state index contributed by atoms with van der Waals surface area (Å²) in [5.41, 5.74) is 0.671. The van der Waals surface area contributed by atoms with Gasteiger partial charge in [0.15, 0.2) is 0 Å². The van der Waals surface area contributed by atoms with Crippen LogP contribution in [0.3, 0.4) is 0 Å². The van der Waals surface area contributed by atoms with Gasteiger partial charge in [-0.1, -0.05) is 0 Å². The first kappa shape index (κ1) is 11.0. The van der Waals surface area contributed by atoms with E-state index in [0.717, 1.165) is 19.1 Å². The molecule has 3 heterocycles. The van der Waals surface area contributed by atoms with Gasteiger partial charge in [-0.15, -0.1) is 0 Å². The van der Waals surface area contributed by atoms with Crippen LogP contribution in [0.2, 0.25) is 0 Å². The number of nitrogens with zero attached hydrogens (tertiary/aromatic N) is 1. The predicted molar refractivity (Wildman–Crippen MR) is 64.5 cm³/mol. The van der Waals surface area contributed by atoms with Crippen molar-refractivity contribution in [2.24, 2.45) is 11.3 Å². The van der Waals surface area contributed by atoms with Crippen molar-refractivity contribution in [3.63, 3.8) is 0 Å². The fourth-order valence-corrected chi connectivity index (χ4v) is 3.64. The van der Waals surface area contributed by atoms with Gasteiger partial charge in [-0.3, -0.25) is 0 Å². The van der Waals surface area contributed by atoms with E-state index in [1.807, 2.05) is 0 Å². The summed E-state index contributed by atoms with van der Waals surface area (Å²) >= 11 is 0. The molecule has 1 N–H and O–H groups in total. The van der Waals surface area contributed by atoms with E-state index in [4.69, 9.17) is 4.74 Å². The van der Waals surface area contributed by atoms with Gasteiger partial charge in [-0.2, -0.15) is 0 Å². The van der Waals surface area contributed by atoms with Crippen LogP contribution in [0.1, 0.15) is 25.7 Å². The van der Waals surface area contributed by atoms with Crippen LogP contribution < -0.4 is 5.32 Å². The first-order valence-electron chi connectivity index (χ1n) is 6.87. The lowest BCUT2D eigenvalue weighted by molar-refractivity contribution is 0.161. The van der Waals surface area contributed by atoms with Gasteiger partial charge >= 0.3 is 0 Å². The normalized spacial score (nSPS) is 34.9. The quantitative estimate of drug-likeness (QED) is 0.760. The number of hydrogen-bond donors (Lipinski definition) is 1. The molecular formula is C13H24N2O. The lowest BCUT2D eigenvalue weighted by Crippen LogP contribution is -2.39. The van der Waals surface area contributed by atoms with E-state index >= 15 is 0 Å². The molecule has 1 unspecified atom stereocenters. The van der Waals surface area contributed by atoms with E-state index in [0.29, 0.717) is 5.41 Å². The number of hydrogen-bond acceptors (Lipinski definition) is 3. The summed E-state index contributed by atoms with van der Waals surface area (Å²) in [6.07, 6.45) is 5.50. The topological polar surface area (TPSA) is 24.5 Å². The molecule has 3 saturated heterocycles. The Bertz CT molecular complexity index is 232. The fourth-order valence-electron chi connectivity index (χ4n) is 3.64. The Morgan fingerprint density at radius 3 is 2.88 bits per heavy atom. The molecule has 0 aliphatic carbocycles. The van der Waals surface area contributed by atoms with Gasteiger partial charge in [0.25, 0.3) is 0 Å². The third-order valence-corrected chi connectivity index (χ3v) is 4.72. The van der Waals surface area contributed by atoms with Crippen molar-refractivity contribution in [2.75, 3.05) is 45.9 Å². The first-order valence-corrected chi connectivity index (χ1v) is 6.87. The van der Waals surface area contributed by atoms with E-state index in [1.54, 1.807) is 0 Å². The number of piperidine rings is 1. The molecule has 0 bridgehead atoms. The summed E-state index contributed by atoms with van der Waals surface area (Å²) < 4.78 is 5.47. The third-order valence-electron chi connectivity index (χ3n) is 4.72. The van der Waals surface area contributed by atoms with Crippen LogP contribution in [0.25, 0.3) is 0 Å². The van der Waals surface area contributed by atoms with Crippen LogP contribution in [0.5, 0.6) is 0 Å². The van der Waals surface area contributed by atoms with Crippen LogP contribution >= 0.6 is 0 Å². The van der Waals surface area contributed by atoms with Crippen molar-refractivity contribution in [3.8, 4) is 0 Å². The molecule has 92 valence electrons. The molecule has 0 aromatic rings. The zero-order valence-corrected chi connectivity index (χ0v) is 10.2. The van der Waals surface area contributed by atoms with E-state index in [1.165, 1.54) is 58.4 Å². The van der Waals surface area contributed by atoms with Gasteiger partial charge in [-0.25, -0.2) is 0 Å². The second kappa shape index (κ2) is 4.63. The molecule has 0 aromatic carbocycles. The van der Waals surface area contributed by atoms with Crippen LogP contribution in [0.4, 0.5) is 0 Å². The SMILES string of the molecule is C1CC2(CCN1)CCN(CC1CCOC1)C2. The van der Waals surface area contributed by atoms with E-state index in [-0.39, 0.29) is 0 Å². The standard InChI is InChI=1S/C13H24N2O/c1-8-16-10-12(1)9-15-7-4-13(11-15)2-5-14-6-3-13/h12,14H,1-11H2. The molecule has 3 aliphatic rings. The molecule has 0 saturated carbocycles. The van der Waals surface area contributed by atoms with Gasteiger partial charge in [0, 0.05) is 19.7 Å². The third kappa shape index (κ3) is 2.27. The molecule has 3 heteroatoms. The molecule has 16 heavy (non-hydrogen) atoms. The molecular weight excluding hydrogens is 200 g/mol. The van der Waals surface area contributed by atoms with Crippen LogP contribution in [-0.2, 0) is 4.74 Å². The zero-order valence-electron chi connectivity index (χ0n) is 10.2. The van der Waals surface area contributed by atoms with Crippen molar-refractivity contribution in [1.29, 1.82) is 0 Å². The molecule has 1 spiro atoms. The second-order valence-electron chi connectivity index (χ2n) is 5.96. The highest BCUT2D eigenvalue weighted by Crippen LogP contribution is 2.38. The Kier molecular flexibility index (Phi) is 3.18. The highest BCUT2D eigenvalue weighted by Gasteiger charge is 2.39. The summed E-state index contributed by atoms with van der Waals surface area (Å²) in [5.74, 6) is 0.817. The maximum Gasteiger partial charge on any atom is 0.0507 e. The van der Waals surface area contributed by atoms with Crippen LogP contribution in [-0.4, -0.2) is 50.8 Å². The first-order chi connectivity index (χ1) is 7.86. The van der Waals surface area contributed by atoms with Crippen molar-refractivity contribution in [1.82, 2.24) is 10.2 Å². The second-order valence-corrected chi connectivity index (χ2v) is 5.96. The van der Waals surface area contributed by atoms with Crippen LogP contribution in [0, 0.1) is 11.3 Å². The molecule has 0 amide bonds. The monoisotopic (exact) mass is 224 g/mol. The van der Waals surface area contributed by atoms with Gasteiger partial charge < -0.3 is 15.0 Å². The Balaban J connectivity index is 1.51. The Hall–Kier alpha value is -0.120. The maximum absolute atomic E-state index is 5.47. The highest BCUT2D eigenvalue weighted by molar-refractivity contribution is 4.93. The number of rotatable bonds is 2. The minimum atomic E-state index is 0.671. The predicted octanol–water partition coefficient (Wildman–Crippen LogP) is 1.10. The Morgan fingerprint density at radius 1 is 1.25 bits per heavy atom. The van der Waals surface area contributed by atoms with Crippen LogP contribution in [0.15, 0.2) is 0 Å². The van der Waals surface area contributed by atoms with Gasteiger partial charge in [0.2, 0.25) is 0 Å². The van der Waals surface area contributed by atoms with Crippen molar-refractivity contribution >= 4 is 0 Å². The molecule has 0 aromatic heterocycles. The number of ether oxygens (including phenoxy) is 1. The van der Waals surface area contributed by atoms with Gasteiger partial charge in [-0.05, 0) is 56.7 Å². The zero-order chi connectivity index (χ0) is 10.8. The van der Waals surface area contributed by atoms with Crippen molar-refractivity contribution < 1.29 is 4.74 Å². The number of nitrogens with one attached hydrogen (secondary N) is 1. The average Bonchev–Trinajstić information content (AvgIpc) is 2.92. The molecule has 1 atom stereocenters. The minimum absolute atomic E-state index is 0.671. The van der Waals surface area contributed by atoms with Crippen molar-refractivity contribution in [3.05, 3.63) is 0 Å². The fraction of sp³-hybridized carbons (Fsp3) is 1.00. The lowest BCUT2D eigenvalue weighted by Gasteiger charge is -2.34. The summed E-state index contributed by atoms with van der Waals surface area (Å²) in [7, 11) is 0. The molecule has 3 rings (SSSR count). The maximum atomic E-state index is 5.47. The smallest absolute Gasteiger partial charge is 0.0507 e. The summed E-state index contributed by atoms with van der Waals surface area (Å²) in [6.45, 7) is 8.44. The Labute approximate surface area is 98.5 Å².